The van der Waals surface area contributed by atoms with Gasteiger partial charge in [-0.1, -0.05) is 66.4 Å². The maximum atomic E-state index is 12.4. The fraction of sp³-hybridized carbons (Fsp3) is 0.0526. The van der Waals surface area contributed by atoms with E-state index in [0.717, 1.165) is 5.56 Å². The Morgan fingerprint density at radius 3 is 2.48 bits per heavy atom. The quantitative estimate of drug-likeness (QED) is 0.409. The van der Waals surface area contributed by atoms with Crippen LogP contribution in [-0.2, 0) is 5.75 Å². The molecule has 0 unspecified atom stereocenters. The highest BCUT2D eigenvalue weighted by atomic mass is 32.2. The summed E-state index contributed by atoms with van der Waals surface area (Å²) in [5.41, 5.74) is 7.92. The number of H-pyrrole nitrogens is 1. The monoisotopic (exact) mass is 377 g/mol. The third kappa shape index (κ3) is 3.47. The number of benzene rings is 2. The van der Waals surface area contributed by atoms with E-state index in [0.29, 0.717) is 27.8 Å². The fourth-order valence-corrected chi connectivity index (χ4v) is 3.59. The van der Waals surface area contributed by atoms with Crippen LogP contribution in [0.1, 0.15) is 21.5 Å². The van der Waals surface area contributed by atoms with E-state index in [9.17, 15) is 9.59 Å². The third-order valence-electron chi connectivity index (χ3n) is 4.03. The van der Waals surface area contributed by atoms with Crippen LogP contribution in [0.5, 0.6) is 0 Å². The van der Waals surface area contributed by atoms with Gasteiger partial charge in [-0.25, -0.2) is 4.40 Å². The van der Waals surface area contributed by atoms with Crippen molar-refractivity contribution in [3.05, 3.63) is 87.7 Å². The van der Waals surface area contributed by atoms with Crippen LogP contribution in [0, 0.1) is 0 Å². The molecule has 0 radical (unpaired) electrons. The van der Waals surface area contributed by atoms with Gasteiger partial charge in [-0.3, -0.25) is 14.6 Å². The Morgan fingerprint density at radius 1 is 1.04 bits per heavy atom. The number of nitrogens with one attached hydrogen (secondary N) is 1. The molecule has 0 amide bonds. The van der Waals surface area contributed by atoms with Crippen molar-refractivity contribution in [1.82, 2.24) is 19.6 Å². The van der Waals surface area contributed by atoms with Gasteiger partial charge in [-0.05, 0) is 5.56 Å². The molecular weight excluding hydrogens is 362 g/mol. The van der Waals surface area contributed by atoms with Gasteiger partial charge in [0.25, 0.3) is 5.56 Å². The number of carbonyl (C=O) groups is 1. The number of nitrogens with two attached hydrogens (primary N) is 1. The highest BCUT2D eigenvalue weighted by molar-refractivity contribution is 7.98. The number of fused-ring (bicyclic) bond motifs is 1. The zero-order valence-electron chi connectivity index (χ0n) is 14.1. The molecule has 7 nitrogen and oxygen atoms in total. The van der Waals surface area contributed by atoms with E-state index >= 15 is 0 Å². The first-order valence-electron chi connectivity index (χ1n) is 8.17. The Morgan fingerprint density at radius 2 is 1.74 bits per heavy atom. The van der Waals surface area contributed by atoms with Crippen LogP contribution in [0.4, 0.5) is 5.82 Å². The number of hydrogen-bond donors (Lipinski definition) is 2. The number of ketones is 1. The number of thioether (sulfide) groups is 1. The fourth-order valence-electron chi connectivity index (χ4n) is 2.68. The van der Waals surface area contributed by atoms with E-state index < -0.39 is 0 Å². The zero-order valence-corrected chi connectivity index (χ0v) is 14.9. The molecule has 2 aromatic heterocycles. The second-order valence-corrected chi connectivity index (χ2v) is 6.82. The molecule has 0 fully saturated rings. The summed E-state index contributed by atoms with van der Waals surface area (Å²) in [6.07, 6.45) is 0. The molecule has 27 heavy (non-hydrogen) atoms. The van der Waals surface area contributed by atoms with Crippen LogP contribution >= 0.6 is 11.8 Å². The minimum atomic E-state index is -0.317. The van der Waals surface area contributed by atoms with Crippen molar-refractivity contribution >= 4 is 29.1 Å². The highest BCUT2D eigenvalue weighted by Crippen LogP contribution is 2.23. The SMILES string of the molecule is Nc1cc(=O)[nH]c2nnc(SCc3ccc(C(=O)c4ccccc4)cc3)n12. The van der Waals surface area contributed by atoms with Gasteiger partial charge in [0, 0.05) is 22.9 Å². The number of aromatic amines is 1. The molecule has 0 bridgehead atoms. The van der Waals surface area contributed by atoms with Crippen molar-refractivity contribution < 1.29 is 4.79 Å². The van der Waals surface area contributed by atoms with E-state index in [2.05, 4.69) is 15.2 Å². The van der Waals surface area contributed by atoms with Crippen molar-refractivity contribution in [2.75, 3.05) is 5.73 Å². The van der Waals surface area contributed by atoms with Gasteiger partial charge in [0.1, 0.15) is 5.82 Å². The average molecular weight is 377 g/mol. The van der Waals surface area contributed by atoms with Crippen molar-refractivity contribution in [1.29, 1.82) is 0 Å². The molecule has 4 rings (SSSR count). The molecule has 2 aromatic carbocycles. The Bertz CT molecular complexity index is 1170. The van der Waals surface area contributed by atoms with Gasteiger partial charge < -0.3 is 5.73 Å². The lowest BCUT2D eigenvalue weighted by atomic mass is 10.0. The number of hydrogen-bond acceptors (Lipinski definition) is 6. The number of carbonyl (C=O) groups excluding carboxylic acids is 1. The maximum absolute atomic E-state index is 12.4. The molecule has 3 N–H and O–H groups in total. The van der Waals surface area contributed by atoms with E-state index in [4.69, 9.17) is 5.73 Å². The summed E-state index contributed by atoms with van der Waals surface area (Å²) in [4.78, 5) is 26.5. The molecular formula is C19H15N5O2S. The van der Waals surface area contributed by atoms with Gasteiger partial charge in [0.05, 0.1) is 0 Å². The minimum absolute atomic E-state index is 0.00465. The lowest BCUT2D eigenvalue weighted by molar-refractivity contribution is 0.103. The molecule has 0 aliphatic carbocycles. The van der Waals surface area contributed by atoms with Gasteiger partial charge in [-0.15, -0.1) is 10.2 Å². The van der Waals surface area contributed by atoms with E-state index in [1.54, 1.807) is 16.5 Å². The number of nitrogens with zero attached hydrogens (tertiary/aromatic N) is 3. The maximum Gasteiger partial charge on any atom is 0.254 e. The Labute approximate surface area is 158 Å². The van der Waals surface area contributed by atoms with Crippen LogP contribution in [0.25, 0.3) is 5.78 Å². The first-order chi connectivity index (χ1) is 13.1. The summed E-state index contributed by atoms with van der Waals surface area (Å²) in [5.74, 6) is 1.21. The first-order valence-corrected chi connectivity index (χ1v) is 9.16. The lowest BCUT2D eigenvalue weighted by Gasteiger charge is -2.05. The second-order valence-electron chi connectivity index (χ2n) is 5.88. The Balaban J connectivity index is 1.50. The smallest absolute Gasteiger partial charge is 0.254 e. The number of aromatic nitrogens is 4. The van der Waals surface area contributed by atoms with Gasteiger partial charge >= 0.3 is 0 Å². The van der Waals surface area contributed by atoms with E-state index in [-0.39, 0.29) is 17.2 Å². The predicted octanol–water partition coefficient (Wildman–Crippen LogP) is 2.52. The average Bonchev–Trinajstić information content (AvgIpc) is 3.10. The molecule has 4 aromatic rings. The van der Waals surface area contributed by atoms with Crippen LogP contribution in [0.3, 0.4) is 0 Å². The van der Waals surface area contributed by atoms with Crippen molar-refractivity contribution in [2.24, 2.45) is 0 Å². The minimum Gasteiger partial charge on any atom is -0.385 e. The third-order valence-corrected chi connectivity index (χ3v) is 5.03. The molecule has 0 atom stereocenters. The number of rotatable bonds is 5. The van der Waals surface area contributed by atoms with E-state index in [1.807, 2.05) is 42.5 Å². The molecule has 0 saturated carbocycles. The van der Waals surface area contributed by atoms with Gasteiger partial charge in [0.2, 0.25) is 5.78 Å². The summed E-state index contributed by atoms with van der Waals surface area (Å²) in [5, 5.41) is 8.59. The second kappa shape index (κ2) is 7.08. The van der Waals surface area contributed by atoms with Crippen LogP contribution < -0.4 is 11.3 Å². The van der Waals surface area contributed by atoms with Crippen molar-refractivity contribution in [3.63, 3.8) is 0 Å². The largest absolute Gasteiger partial charge is 0.385 e. The van der Waals surface area contributed by atoms with Gasteiger partial charge in [0.15, 0.2) is 10.9 Å². The van der Waals surface area contributed by atoms with Crippen molar-refractivity contribution in [3.8, 4) is 0 Å². The summed E-state index contributed by atoms with van der Waals surface area (Å²) >= 11 is 1.44. The number of nitrogen functional groups attached to an aromatic ring is 1. The van der Waals surface area contributed by atoms with Crippen molar-refractivity contribution in [2.45, 2.75) is 10.9 Å². The van der Waals surface area contributed by atoms with Crippen LogP contribution in [0.2, 0.25) is 0 Å². The number of anilines is 1. The summed E-state index contributed by atoms with van der Waals surface area (Å²) in [6.45, 7) is 0. The Hall–Kier alpha value is -3.39. The predicted molar refractivity (Wildman–Crippen MR) is 104 cm³/mol. The summed E-state index contributed by atoms with van der Waals surface area (Å²) < 4.78 is 1.60. The first kappa shape index (κ1) is 17.0. The summed E-state index contributed by atoms with van der Waals surface area (Å²) in [7, 11) is 0. The van der Waals surface area contributed by atoms with Gasteiger partial charge in [-0.2, -0.15) is 0 Å². The lowest BCUT2D eigenvalue weighted by Crippen LogP contribution is -2.11. The van der Waals surface area contributed by atoms with Crippen LogP contribution in [0.15, 0.2) is 70.6 Å². The highest BCUT2D eigenvalue weighted by Gasteiger charge is 2.11. The standard InChI is InChI=1S/C19H15N5O2S/c20-15-10-16(25)21-18-22-23-19(24(15)18)27-11-12-6-8-14(9-7-12)17(26)13-4-2-1-3-5-13/h1-10H,11,20H2,(H,21,22,25). The Kier molecular flexibility index (Phi) is 4.47. The zero-order chi connectivity index (χ0) is 18.8. The summed E-state index contributed by atoms with van der Waals surface area (Å²) in [6, 6.07) is 17.9. The molecule has 0 saturated heterocycles. The molecule has 0 aliphatic rings. The van der Waals surface area contributed by atoms with Crippen LogP contribution in [-0.4, -0.2) is 25.4 Å². The van der Waals surface area contributed by atoms with E-state index in [1.165, 1.54) is 17.8 Å². The molecule has 0 aliphatic heterocycles. The molecule has 0 spiro atoms. The molecule has 2 heterocycles. The topological polar surface area (TPSA) is 106 Å². The molecule has 134 valence electrons. The molecule has 8 heteroatoms. The normalized spacial score (nSPS) is 11.0.